The molecule has 6 heteroatoms. The number of nitro groups is 1. The Kier molecular flexibility index (Phi) is 4.68. The summed E-state index contributed by atoms with van der Waals surface area (Å²) in [6, 6.07) is 4.92. The van der Waals surface area contributed by atoms with Crippen LogP contribution in [-0.4, -0.2) is 30.0 Å². The molecule has 2 N–H and O–H groups in total. The molecule has 0 unspecified atom stereocenters. The largest absolute Gasteiger partial charge is 0.352 e. The van der Waals surface area contributed by atoms with Crippen LogP contribution in [0.25, 0.3) is 0 Å². The molecule has 1 aliphatic rings. The van der Waals surface area contributed by atoms with E-state index in [1.165, 1.54) is 18.6 Å². The van der Waals surface area contributed by atoms with Crippen molar-refractivity contribution in [3.63, 3.8) is 0 Å². The molecule has 0 spiro atoms. The lowest BCUT2D eigenvalue weighted by Crippen LogP contribution is -2.30. The second-order valence-corrected chi connectivity index (χ2v) is 5.10. The highest BCUT2D eigenvalue weighted by molar-refractivity contribution is 5.94. The molecule has 0 aromatic heterocycles. The third-order valence-corrected chi connectivity index (χ3v) is 3.60. The van der Waals surface area contributed by atoms with Gasteiger partial charge in [0.2, 0.25) is 0 Å². The number of hydrogen-bond donors (Lipinski definition) is 2. The zero-order chi connectivity index (χ0) is 14.5. The molecule has 1 atom stereocenters. The fraction of sp³-hybridized carbons (Fsp3) is 0.500. The first-order chi connectivity index (χ1) is 9.58. The van der Waals surface area contributed by atoms with Crippen molar-refractivity contribution in [2.24, 2.45) is 0 Å². The fourth-order valence-electron chi connectivity index (χ4n) is 2.47. The molecule has 108 valence electrons. The molecular weight excluding hydrogens is 258 g/mol. The minimum absolute atomic E-state index is 0.0386. The summed E-state index contributed by atoms with van der Waals surface area (Å²) in [7, 11) is 0. The summed E-state index contributed by atoms with van der Waals surface area (Å²) in [5, 5.41) is 16.9. The maximum atomic E-state index is 12.0. The van der Waals surface area contributed by atoms with Crippen LogP contribution in [0.1, 0.15) is 35.2 Å². The topological polar surface area (TPSA) is 84.3 Å². The van der Waals surface area contributed by atoms with Crippen molar-refractivity contribution >= 4 is 11.6 Å². The SMILES string of the molecule is Cc1cc(C(=O)NCC[C@H]2CCCN2)ccc1[N+](=O)[O-]. The first kappa shape index (κ1) is 14.5. The van der Waals surface area contributed by atoms with Crippen LogP contribution in [0.4, 0.5) is 5.69 Å². The van der Waals surface area contributed by atoms with E-state index in [-0.39, 0.29) is 11.6 Å². The molecule has 0 saturated carbocycles. The van der Waals surface area contributed by atoms with Gasteiger partial charge in [0, 0.05) is 29.8 Å². The van der Waals surface area contributed by atoms with Gasteiger partial charge in [-0.1, -0.05) is 0 Å². The van der Waals surface area contributed by atoms with Crippen molar-refractivity contribution in [1.29, 1.82) is 0 Å². The Balaban J connectivity index is 1.88. The van der Waals surface area contributed by atoms with Gasteiger partial charge < -0.3 is 10.6 Å². The first-order valence-corrected chi connectivity index (χ1v) is 6.84. The van der Waals surface area contributed by atoms with Crippen molar-refractivity contribution in [2.75, 3.05) is 13.1 Å². The number of rotatable bonds is 5. The van der Waals surface area contributed by atoms with Crippen LogP contribution in [0.2, 0.25) is 0 Å². The summed E-state index contributed by atoms with van der Waals surface area (Å²) >= 11 is 0. The molecule has 2 rings (SSSR count). The lowest BCUT2D eigenvalue weighted by atomic mass is 10.1. The molecule has 0 radical (unpaired) electrons. The summed E-state index contributed by atoms with van der Waals surface area (Å²) in [4.78, 5) is 22.2. The fourth-order valence-corrected chi connectivity index (χ4v) is 2.47. The molecule has 1 fully saturated rings. The monoisotopic (exact) mass is 277 g/mol. The van der Waals surface area contributed by atoms with Crippen LogP contribution in [0.15, 0.2) is 18.2 Å². The Labute approximate surface area is 117 Å². The van der Waals surface area contributed by atoms with Crippen LogP contribution < -0.4 is 10.6 Å². The predicted octanol–water partition coefficient (Wildman–Crippen LogP) is 1.78. The predicted molar refractivity (Wildman–Crippen MR) is 75.8 cm³/mol. The number of aryl methyl sites for hydroxylation is 1. The second-order valence-electron chi connectivity index (χ2n) is 5.10. The van der Waals surface area contributed by atoms with E-state index in [0.29, 0.717) is 23.7 Å². The molecule has 1 aliphatic heterocycles. The molecule has 20 heavy (non-hydrogen) atoms. The zero-order valence-corrected chi connectivity index (χ0v) is 11.5. The summed E-state index contributed by atoms with van der Waals surface area (Å²) in [6.07, 6.45) is 3.27. The van der Waals surface area contributed by atoms with E-state index in [1.807, 2.05) is 0 Å². The molecular formula is C14H19N3O3. The van der Waals surface area contributed by atoms with E-state index in [9.17, 15) is 14.9 Å². The molecule has 1 aromatic rings. The smallest absolute Gasteiger partial charge is 0.272 e. The highest BCUT2D eigenvalue weighted by Gasteiger charge is 2.15. The van der Waals surface area contributed by atoms with Crippen molar-refractivity contribution < 1.29 is 9.72 Å². The van der Waals surface area contributed by atoms with Gasteiger partial charge in [-0.3, -0.25) is 14.9 Å². The van der Waals surface area contributed by atoms with Gasteiger partial charge in [-0.05, 0) is 44.9 Å². The number of nitrogens with one attached hydrogen (secondary N) is 2. The Bertz CT molecular complexity index is 510. The normalized spacial score (nSPS) is 17.9. The van der Waals surface area contributed by atoms with Gasteiger partial charge in [-0.25, -0.2) is 0 Å². The molecule has 1 amide bonds. The van der Waals surface area contributed by atoms with Gasteiger partial charge in [-0.15, -0.1) is 0 Å². The first-order valence-electron chi connectivity index (χ1n) is 6.84. The average Bonchev–Trinajstić information content (AvgIpc) is 2.91. The van der Waals surface area contributed by atoms with Crippen molar-refractivity contribution in [1.82, 2.24) is 10.6 Å². The molecule has 0 aliphatic carbocycles. The third kappa shape index (κ3) is 3.54. The number of hydrogen-bond acceptors (Lipinski definition) is 4. The van der Waals surface area contributed by atoms with Gasteiger partial charge in [-0.2, -0.15) is 0 Å². The number of nitrogens with zero attached hydrogens (tertiary/aromatic N) is 1. The third-order valence-electron chi connectivity index (χ3n) is 3.60. The van der Waals surface area contributed by atoms with E-state index in [4.69, 9.17) is 0 Å². The van der Waals surface area contributed by atoms with E-state index >= 15 is 0 Å². The minimum atomic E-state index is -0.442. The van der Waals surface area contributed by atoms with Crippen molar-refractivity contribution in [3.8, 4) is 0 Å². The van der Waals surface area contributed by atoms with Gasteiger partial charge >= 0.3 is 0 Å². The number of amides is 1. The van der Waals surface area contributed by atoms with Crippen LogP contribution in [-0.2, 0) is 0 Å². The van der Waals surface area contributed by atoms with Crippen molar-refractivity contribution in [3.05, 3.63) is 39.4 Å². The molecule has 1 heterocycles. The van der Waals surface area contributed by atoms with E-state index in [1.54, 1.807) is 13.0 Å². The van der Waals surface area contributed by atoms with Gasteiger partial charge in [0.25, 0.3) is 11.6 Å². The maximum absolute atomic E-state index is 12.0. The lowest BCUT2D eigenvalue weighted by Gasteiger charge is -2.11. The number of benzene rings is 1. The van der Waals surface area contributed by atoms with E-state index in [0.717, 1.165) is 19.4 Å². The van der Waals surface area contributed by atoms with Crippen LogP contribution in [0, 0.1) is 17.0 Å². The molecule has 0 bridgehead atoms. The zero-order valence-electron chi connectivity index (χ0n) is 11.5. The van der Waals surface area contributed by atoms with Crippen molar-refractivity contribution in [2.45, 2.75) is 32.2 Å². The van der Waals surface area contributed by atoms with Gasteiger partial charge in [0.1, 0.15) is 0 Å². The molecule has 6 nitrogen and oxygen atoms in total. The summed E-state index contributed by atoms with van der Waals surface area (Å²) < 4.78 is 0. The Morgan fingerprint density at radius 2 is 2.35 bits per heavy atom. The van der Waals surface area contributed by atoms with E-state index < -0.39 is 4.92 Å². The highest BCUT2D eigenvalue weighted by Crippen LogP contribution is 2.18. The van der Waals surface area contributed by atoms with Gasteiger partial charge in [0.05, 0.1) is 4.92 Å². The number of nitro benzene ring substituents is 1. The summed E-state index contributed by atoms with van der Waals surface area (Å²) in [5.74, 6) is -0.180. The van der Waals surface area contributed by atoms with Gasteiger partial charge in [0.15, 0.2) is 0 Å². The lowest BCUT2D eigenvalue weighted by molar-refractivity contribution is -0.385. The molecule has 1 saturated heterocycles. The highest BCUT2D eigenvalue weighted by atomic mass is 16.6. The molecule has 1 aromatic carbocycles. The van der Waals surface area contributed by atoms with E-state index in [2.05, 4.69) is 10.6 Å². The maximum Gasteiger partial charge on any atom is 0.272 e. The Morgan fingerprint density at radius 1 is 1.55 bits per heavy atom. The number of carbonyl (C=O) groups is 1. The standard InChI is InChI=1S/C14H19N3O3/c1-10-9-11(4-5-13(10)17(19)20)14(18)16-8-6-12-3-2-7-15-12/h4-5,9,12,15H,2-3,6-8H2,1H3,(H,16,18)/t12-/m1/s1. The average molecular weight is 277 g/mol. The second kappa shape index (κ2) is 6.47. The summed E-state index contributed by atoms with van der Waals surface area (Å²) in [5.41, 5.74) is 1.00. The van der Waals surface area contributed by atoms with Crippen LogP contribution >= 0.6 is 0 Å². The van der Waals surface area contributed by atoms with Crippen LogP contribution in [0.5, 0.6) is 0 Å². The number of carbonyl (C=O) groups excluding carboxylic acids is 1. The minimum Gasteiger partial charge on any atom is -0.352 e. The van der Waals surface area contributed by atoms with Crippen LogP contribution in [0.3, 0.4) is 0 Å². The quantitative estimate of drug-likeness (QED) is 0.634. The Hall–Kier alpha value is -1.95. The Morgan fingerprint density at radius 3 is 2.95 bits per heavy atom. The summed E-state index contributed by atoms with van der Waals surface area (Å²) in [6.45, 7) is 3.31.